The van der Waals surface area contributed by atoms with E-state index in [4.69, 9.17) is 5.73 Å². The number of aromatic nitrogens is 5. The zero-order valence-electron chi connectivity index (χ0n) is 11.3. The van der Waals surface area contributed by atoms with Crippen LogP contribution in [0.2, 0.25) is 0 Å². The molecule has 2 heterocycles. The van der Waals surface area contributed by atoms with Crippen LogP contribution in [0.4, 0.5) is 11.9 Å². The third-order valence-corrected chi connectivity index (χ3v) is 2.65. The molecule has 0 unspecified atom stereocenters. The minimum atomic E-state index is -0.0628. The summed E-state index contributed by atoms with van der Waals surface area (Å²) in [5, 5.41) is 6.84. The monoisotopic (exact) mass is 276 g/mol. The molecule has 106 valence electrons. The second kappa shape index (κ2) is 5.95. The lowest BCUT2D eigenvalue weighted by atomic mass is 10.5. The molecule has 9 nitrogen and oxygen atoms in total. The number of nitrogen functional groups attached to an aromatic ring is 1. The first kappa shape index (κ1) is 13.7. The highest BCUT2D eigenvalue weighted by Gasteiger charge is 2.10. The van der Waals surface area contributed by atoms with Gasteiger partial charge in [-0.2, -0.15) is 20.1 Å². The summed E-state index contributed by atoms with van der Waals surface area (Å²) >= 11 is 0. The van der Waals surface area contributed by atoms with Crippen LogP contribution < -0.4 is 11.1 Å². The molecule has 20 heavy (non-hydrogen) atoms. The van der Waals surface area contributed by atoms with E-state index in [0.29, 0.717) is 12.5 Å². The molecule has 0 fully saturated rings. The Hall–Kier alpha value is -2.71. The predicted molar refractivity (Wildman–Crippen MR) is 73.2 cm³/mol. The van der Waals surface area contributed by atoms with Crippen LogP contribution in [0.1, 0.15) is 6.92 Å². The molecule has 0 saturated heterocycles. The molecule has 2 aromatic rings. The van der Waals surface area contributed by atoms with E-state index in [-0.39, 0.29) is 24.3 Å². The van der Waals surface area contributed by atoms with Gasteiger partial charge in [0, 0.05) is 26.0 Å². The second-order valence-corrected chi connectivity index (χ2v) is 4.03. The SMILES string of the molecule is CCN(C)C(=O)CNc1nc(N)nc(-n2cccn2)n1. The smallest absolute Gasteiger partial charge is 0.257 e. The zero-order chi connectivity index (χ0) is 14.5. The van der Waals surface area contributed by atoms with Crippen molar-refractivity contribution in [2.75, 3.05) is 31.2 Å². The summed E-state index contributed by atoms with van der Waals surface area (Å²) in [5.74, 6) is 0.526. The number of likely N-dealkylation sites (N-methyl/N-ethyl adjacent to an activating group) is 1. The third kappa shape index (κ3) is 3.19. The fourth-order valence-corrected chi connectivity index (χ4v) is 1.42. The van der Waals surface area contributed by atoms with Crippen LogP contribution in [0, 0.1) is 0 Å². The molecule has 2 rings (SSSR count). The number of anilines is 2. The Kier molecular flexibility index (Phi) is 4.08. The van der Waals surface area contributed by atoms with Gasteiger partial charge in [0.1, 0.15) is 0 Å². The number of hydrogen-bond acceptors (Lipinski definition) is 7. The minimum absolute atomic E-state index is 0.0595. The van der Waals surface area contributed by atoms with E-state index < -0.39 is 0 Å². The van der Waals surface area contributed by atoms with Crippen molar-refractivity contribution in [3.63, 3.8) is 0 Å². The first-order valence-corrected chi connectivity index (χ1v) is 6.09. The standard InChI is InChI=1S/C11H16N8O/c1-3-18(2)8(20)7-13-10-15-9(12)16-11(17-10)19-6-4-5-14-19/h4-6H,3,7H2,1-2H3,(H3,12,13,15,16,17). The first-order valence-electron chi connectivity index (χ1n) is 6.09. The van der Waals surface area contributed by atoms with Crippen molar-refractivity contribution >= 4 is 17.8 Å². The second-order valence-electron chi connectivity index (χ2n) is 4.03. The Morgan fingerprint density at radius 2 is 2.25 bits per heavy atom. The van der Waals surface area contributed by atoms with Crippen LogP contribution in [-0.2, 0) is 4.79 Å². The molecule has 9 heteroatoms. The van der Waals surface area contributed by atoms with E-state index in [9.17, 15) is 4.79 Å². The van der Waals surface area contributed by atoms with E-state index in [1.165, 1.54) is 4.68 Å². The number of rotatable bonds is 5. The maximum atomic E-state index is 11.7. The summed E-state index contributed by atoms with van der Waals surface area (Å²) < 4.78 is 1.46. The van der Waals surface area contributed by atoms with Crippen LogP contribution in [0.15, 0.2) is 18.5 Å². The number of carbonyl (C=O) groups excluding carboxylic acids is 1. The first-order chi connectivity index (χ1) is 9.60. The van der Waals surface area contributed by atoms with E-state index in [0.717, 1.165) is 0 Å². The van der Waals surface area contributed by atoms with Gasteiger partial charge in [0.2, 0.25) is 17.8 Å². The number of nitrogens with zero attached hydrogens (tertiary/aromatic N) is 6. The van der Waals surface area contributed by atoms with Crippen LogP contribution in [-0.4, -0.2) is 55.7 Å². The molecule has 0 bridgehead atoms. The quantitative estimate of drug-likeness (QED) is 0.758. The van der Waals surface area contributed by atoms with Crippen LogP contribution in [0.3, 0.4) is 0 Å². The third-order valence-electron chi connectivity index (χ3n) is 2.65. The van der Waals surface area contributed by atoms with Gasteiger partial charge in [-0.05, 0) is 13.0 Å². The number of nitrogens with two attached hydrogens (primary N) is 1. The normalized spacial score (nSPS) is 10.3. The molecule has 0 saturated carbocycles. The van der Waals surface area contributed by atoms with E-state index in [1.54, 1.807) is 30.4 Å². The Bertz CT molecular complexity index is 582. The van der Waals surface area contributed by atoms with Crippen LogP contribution in [0.25, 0.3) is 5.95 Å². The summed E-state index contributed by atoms with van der Waals surface area (Å²) in [4.78, 5) is 25.3. The van der Waals surface area contributed by atoms with Crippen molar-refractivity contribution in [2.45, 2.75) is 6.92 Å². The number of nitrogens with one attached hydrogen (secondary N) is 1. The highest BCUT2D eigenvalue weighted by Crippen LogP contribution is 2.06. The molecule has 0 radical (unpaired) electrons. The van der Waals surface area contributed by atoms with Gasteiger partial charge in [-0.25, -0.2) is 4.68 Å². The fraction of sp³-hybridized carbons (Fsp3) is 0.364. The lowest BCUT2D eigenvalue weighted by Gasteiger charge is -2.14. The molecule has 0 aromatic carbocycles. The Labute approximate surface area is 115 Å². The van der Waals surface area contributed by atoms with Crippen molar-refractivity contribution in [3.8, 4) is 5.95 Å². The van der Waals surface area contributed by atoms with Gasteiger partial charge in [-0.1, -0.05) is 0 Å². The topological polar surface area (TPSA) is 115 Å². The van der Waals surface area contributed by atoms with Crippen LogP contribution in [0.5, 0.6) is 0 Å². The molecule has 0 aliphatic rings. The molecule has 0 aliphatic carbocycles. The van der Waals surface area contributed by atoms with Gasteiger partial charge in [0.25, 0.3) is 5.95 Å². The van der Waals surface area contributed by atoms with Gasteiger partial charge < -0.3 is 16.0 Å². The average Bonchev–Trinajstić information content (AvgIpc) is 2.97. The summed E-state index contributed by atoms with van der Waals surface area (Å²) in [6.07, 6.45) is 3.29. The van der Waals surface area contributed by atoms with Crippen molar-refractivity contribution in [3.05, 3.63) is 18.5 Å². The lowest BCUT2D eigenvalue weighted by molar-refractivity contribution is -0.127. The van der Waals surface area contributed by atoms with Gasteiger partial charge in [0.15, 0.2) is 0 Å². The summed E-state index contributed by atoms with van der Waals surface area (Å²) in [6.45, 7) is 2.62. The molecular weight excluding hydrogens is 260 g/mol. The van der Waals surface area contributed by atoms with Crippen molar-refractivity contribution in [1.29, 1.82) is 0 Å². The Balaban J connectivity index is 2.11. The predicted octanol–water partition coefficient (Wildman–Crippen LogP) is -0.470. The Morgan fingerprint density at radius 1 is 1.45 bits per heavy atom. The van der Waals surface area contributed by atoms with Gasteiger partial charge >= 0.3 is 0 Å². The zero-order valence-corrected chi connectivity index (χ0v) is 11.3. The highest BCUT2D eigenvalue weighted by atomic mass is 16.2. The van der Waals surface area contributed by atoms with Crippen molar-refractivity contribution in [2.24, 2.45) is 0 Å². The molecule has 0 atom stereocenters. The molecule has 3 N–H and O–H groups in total. The van der Waals surface area contributed by atoms with Gasteiger partial charge in [-0.15, -0.1) is 0 Å². The largest absolute Gasteiger partial charge is 0.368 e. The molecular formula is C11H16N8O. The lowest BCUT2D eigenvalue weighted by Crippen LogP contribution is -2.32. The van der Waals surface area contributed by atoms with Gasteiger partial charge in [-0.3, -0.25) is 4.79 Å². The van der Waals surface area contributed by atoms with Gasteiger partial charge in [0.05, 0.1) is 6.54 Å². The molecule has 0 aliphatic heterocycles. The minimum Gasteiger partial charge on any atom is -0.368 e. The average molecular weight is 276 g/mol. The molecule has 0 spiro atoms. The van der Waals surface area contributed by atoms with Crippen LogP contribution >= 0.6 is 0 Å². The number of amides is 1. The highest BCUT2D eigenvalue weighted by molar-refractivity contribution is 5.80. The molecule has 1 amide bonds. The van der Waals surface area contributed by atoms with Crippen molar-refractivity contribution in [1.82, 2.24) is 29.6 Å². The maximum Gasteiger partial charge on any atom is 0.257 e. The molecule has 2 aromatic heterocycles. The summed E-state index contributed by atoms with van der Waals surface area (Å²) in [7, 11) is 1.72. The van der Waals surface area contributed by atoms with E-state index in [2.05, 4.69) is 25.4 Å². The maximum absolute atomic E-state index is 11.7. The number of hydrogen-bond donors (Lipinski definition) is 2. The number of carbonyl (C=O) groups is 1. The summed E-state index contributed by atoms with van der Waals surface area (Å²) in [6, 6.07) is 1.74. The van der Waals surface area contributed by atoms with Crippen molar-refractivity contribution < 1.29 is 4.79 Å². The van der Waals surface area contributed by atoms with E-state index in [1.807, 2.05) is 6.92 Å². The fourth-order valence-electron chi connectivity index (χ4n) is 1.42. The summed E-state index contributed by atoms with van der Waals surface area (Å²) in [5.41, 5.74) is 5.62. The van der Waals surface area contributed by atoms with E-state index >= 15 is 0 Å². The Morgan fingerprint density at radius 3 is 2.90 bits per heavy atom.